The Hall–Kier alpha value is -1.68. The van der Waals surface area contributed by atoms with E-state index in [2.05, 4.69) is 18.9 Å². The molecule has 2 rings (SSSR count). The Morgan fingerprint density at radius 1 is 1.35 bits per heavy atom. The molecule has 0 aliphatic heterocycles. The van der Waals surface area contributed by atoms with Crippen LogP contribution in [0, 0.1) is 5.82 Å². The van der Waals surface area contributed by atoms with E-state index in [4.69, 9.17) is 0 Å². The van der Waals surface area contributed by atoms with E-state index < -0.39 is 0 Å². The summed E-state index contributed by atoms with van der Waals surface area (Å²) in [5.74, 6) is -0.0108. The highest BCUT2D eigenvalue weighted by molar-refractivity contribution is 5.40. The van der Waals surface area contributed by atoms with Crippen molar-refractivity contribution in [1.29, 1.82) is 0 Å². The lowest BCUT2D eigenvalue weighted by molar-refractivity contribution is 0.280. The molecule has 4 heteroatoms. The predicted octanol–water partition coefficient (Wildman–Crippen LogP) is 2.63. The molecule has 3 nitrogen and oxygen atoms in total. The van der Waals surface area contributed by atoms with E-state index in [1.807, 2.05) is 12.3 Å². The van der Waals surface area contributed by atoms with E-state index in [-0.39, 0.29) is 12.4 Å². The molecule has 90 valence electrons. The van der Waals surface area contributed by atoms with Crippen molar-refractivity contribution in [3.8, 4) is 5.69 Å². The number of aromatic nitrogens is 2. The van der Waals surface area contributed by atoms with Crippen LogP contribution in [0.1, 0.15) is 31.0 Å². The van der Waals surface area contributed by atoms with Gasteiger partial charge in [0.25, 0.3) is 0 Å². The molecule has 1 aromatic carbocycles. The van der Waals surface area contributed by atoms with Crippen molar-refractivity contribution >= 4 is 0 Å². The van der Waals surface area contributed by atoms with Gasteiger partial charge in [0.05, 0.1) is 18.0 Å². The highest BCUT2D eigenvalue weighted by atomic mass is 19.1. The lowest BCUT2D eigenvalue weighted by Crippen LogP contribution is -2.02. The summed E-state index contributed by atoms with van der Waals surface area (Å²) in [4.78, 5) is 0. The van der Waals surface area contributed by atoms with E-state index in [9.17, 15) is 9.50 Å². The van der Waals surface area contributed by atoms with Crippen molar-refractivity contribution in [2.24, 2.45) is 0 Å². The smallest absolute Gasteiger partial charge is 0.123 e. The van der Waals surface area contributed by atoms with Crippen LogP contribution in [-0.2, 0) is 6.61 Å². The second-order valence-electron chi connectivity index (χ2n) is 4.27. The fourth-order valence-electron chi connectivity index (χ4n) is 1.68. The molecule has 0 saturated heterocycles. The molecule has 0 unspecified atom stereocenters. The summed E-state index contributed by atoms with van der Waals surface area (Å²) in [6.07, 6.45) is 1.82. The van der Waals surface area contributed by atoms with E-state index in [1.54, 1.807) is 10.7 Å². The SMILES string of the molecule is CC(C)c1ccn(-c2ccc(F)cc2CO)n1. The largest absolute Gasteiger partial charge is 0.392 e. The maximum Gasteiger partial charge on any atom is 0.123 e. The maximum atomic E-state index is 13.0. The average Bonchev–Trinajstić information content (AvgIpc) is 2.78. The van der Waals surface area contributed by atoms with E-state index >= 15 is 0 Å². The normalized spacial score (nSPS) is 11.1. The van der Waals surface area contributed by atoms with Gasteiger partial charge in [0.15, 0.2) is 0 Å². The van der Waals surface area contributed by atoms with Crippen LogP contribution >= 0.6 is 0 Å². The molecule has 1 N–H and O–H groups in total. The fraction of sp³-hybridized carbons (Fsp3) is 0.308. The van der Waals surface area contributed by atoms with Crippen molar-refractivity contribution in [2.75, 3.05) is 0 Å². The molecule has 2 aromatic rings. The first-order chi connectivity index (χ1) is 8.11. The molecule has 1 aromatic heterocycles. The van der Waals surface area contributed by atoms with Gasteiger partial charge in [-0.05, 0) is 30.2 Å². The van der Waals surface area contributed by atoms with Gasteiger partial charge in [-0.2, -0.15) is 5.10 Å². The topological polar surface area (TPSA) is 38.0 Å². The first-order valence-electron chi connectivity index (χ1n) is 5.57. The number of hydrogen-bond acceptors (Lipinski definition) is 2. The summed E-state index contributed by atoms with van der Waals surface area (Å²) in [6, 6.07) is 6.24. The predicted molar refractivity (Wildman–Crippen MR) is 63.5 cm³/mol. The second kappa shape index (κ2) is 4.67. The van der Waals surface area contributed by atoms with Crippen LogP contribution in [0.5, 0.6) is 0 Å². The lowest BCUT2D eigenvalue weighted by atomic mass is 10.1. The highest BCUT2D eigenvalue weighted by Crippen LogP contribution is 2.18. The first-order valence-corrected chi connectivity index (χ1v) is 5.57. The van der Waals surface area contributed by atoms with Crippen molar-refractivity contribution in [3.05, 3.63) is 47.5 Å². The van der Waals surface area contributed by atoms with Crippen molar-refractivity contribution in [2.45, 2.75) is 26.4 Å². The zero-order valence-electron chi connectivity index (χ0n) is 9.89. The summed E-state index contributed by atoms with van der Waals surface area (Å²) in [5.41, 5.74) is 2.21. The van der Waals surface area contributed by atoms with Crippen LogP contribution in [-0.4, -0.2) is 14.9 Å². The summed E-state index contributed by atoms with van der Waals surface area (Å²) in [7, 11) is 0. The zero-order valence-corrected chi connectivity index (χ0v) is 9.89. The lowest BCUT2D eigenvalue weighted by Gasteiger charge is -2.07. The second-order valence-corrected chi connectivity index (χ2v) is 4.27. The van der Waals surface area contributed by atoms with Crippen molar-refractivity contribution in [1.82, 2.24) is 9.78 Å². The van der Waals surface area contributed by atoms with Crippen LogP contribution in [0.3, 0.4) is 0 Å². The number of halogens is 1. The Bertz CT molecular complexity index is 520. The van der Waals surface area contributed by atoms with E-state index in [0.717, 1.165) is 5.69 Å². The monoisotopic (exact) mass is 234 g/mol. The van der Waals surface area contributed by atoms with E-state index in [0.29, 0.717) is 17.2 Å². The van der Waals surface area contributed by atoms with Crippen LogP contribution in [0.2, 0.25) is 0 Å². The first kappa shape index (κ1) is 11.8. The zero-order chi connectivity index (χ0) is 12.4. The number of rotatable bonds is 3. The summed E-state index contributed by atoms with van der Waals surface area (Å²) < 4.78 is 14.7. The number of aliphatic hydroxyl groups is 1. The van der Waals surface area contributed by atoms with Crippen LogP contribution in [0.25, 0.3) is 5.69 Å². The molecular weight excluding hydrogens is 219 g/mol. The molecule has 0 fully saturated rings. The summed E-state index contributed by atoms with van der Waals surface area (Å²) in [5, 5.41) is 13.6. The van der Waals surface area contributed by atoms with Crippen LogP contribution in [0.15, 0.2) is 30.5 Å². The molecule has 0 radical (unpaired) electrons. The average molecular weight is 234 g/mol. The molecule has 1 heterocycles. The minimum absolute atomic E-state index is 0.204. The summed E-state index contributed by atoms with van der Waals surface area (Å²) >= 11 is 0. The quantitative estimate of drug-likeness (QED) is 0.886. The fourth-order valence-corrected chi connectivity index (χ4v) is 1.68. The number of aliphatic hydroxyl groups excluding tert-OH is 1. The number of nitrogens with zero attached hydrogens (tertiary/aromatic N) is 2. The molecule has 0 saturated carbocycles. The Balaban J connectivity index is 2.44. The minimum Gasteiger partial charge on any atom is -0.392 e. The third kappa shape index (κ3) is 2.36. The molecular formula is C13H15FN2O. The van der Waals surface area contributed by atoms with Crippen LogP contribution in [0.4, 0.5) is 4.39 Å². The van der Waals surface area contributed by atoms with Crippen LogP contribution < -0.4 is 0 Å². The van der Waals surface area contributed by atoms with E-state index in [1.165, 1.54) is 12.1 Å². The Labute approximate surface area is 99.5 Å². The molecule has 0 atom stereocenters. The summed E-state index contributed by atoms with van der Waals surface area (Å²) in [6.45, 7) is 3.92. The van der Waals surface area contributed by atoms with Gasteiger partial charge >= 0.3 is 0 Å². The van der Waals surface area contributed by atoms with Crippen molar-refractivity contribution in [3.63, 3.8) is 0 Å². The Morgan fingerprint density at radius 3 is 2.71 bits per heavy atom. The number of benzene rings is 1. The molecule has 0 aliphatic rings. The van der Waals surface area contributed by atoms with Gasteiger partial charge in [0.2, 0.25) is 0 Å². The molecule has 0 aliphatic carbocycles. The van der Waals surface area contributed by atoms with Gasteiger partial charge in [-0.15, -0.1) is 0 Å². The standard InChI is InChI=1S/C13H15FN2O/c1-9(2)12-5-6-16(15-12)13-4-3-11(14)7-10(13)8-17/h3-7,9,17H,8H2,1-2H3. The van der Waals surface area contributed by atoms with Gasteiger partial charge in [-0.1, -0.05) is 13.8 Å². The third-order valence-electron chi connectivity index (χ3n) is 2.66. The highest BCUT2D eigenvalue weighted by Gasteiger charge is 2.08. The Kier molecular flexibility index (Phi) is 3.24. The maximum absolute atomic E-state index is 13.0. The van der Waals surface area contributed by atoms with Crippen molar-refractivity contribution < 1.29 is 9.50 Å². The number of hydrogen-bond donors (Lipinski definition) is 1. The minimum atomic E-state index is -0.353. The molecule has 0 bridgehead atoms. The van der Waals surface area contributed by atoms with Gasteiger partial charge in [0, 0.05) is 11.8 Å². The molecule has 0 amide bonds. The van der Waals surface area contributed by atoms with Gasteiger partial charge in [-0.3, -0.25) is 0 Å². The van der Waals surface area contributed by atoms with Gasteiger partial charge in [0.1, 0.15) is 5.82 Å². The molecule has 17 heavy (non-hydrogen) atoms. The molecule has 0 spiro atoms. The Morgan fingerprint density at radius 2 is 2.12 bits per heavy atom. The van der Waals surface area contributed by atoms with Gasteiger partial charge in [-0.25, -0.2) is 9.07 Å². The third-order valence-corrected chi connectivity index (χ3v) is 2.66. The van der Waals surface area contributed by atoms with Gasteiger partial charge < -0.3 is 5.11 Å².